The summed E-state index contributed by atoms with van der Waals surface area (Å²) < 4.78 is 32.8. The zero-order chi connectivity index (χ0) is 17.3. The van der Waals surface area contributed by atoms with Crippen molar-refractivity contribution in [3.05, 3.63) is 53.7 Å². The molecule has 1 aliphatic rings. The Morgan fingerprint density at radius 2 is 2.00 bits per heavy atom. The molecule has 25 heavy (non-hydrogen) atoms. The summed E-state index contributed by atoms with van der Waals surface area (Å²) in [5, 5.41) is 5.82. The van der Waals surface area contributed by atoms with Gasteiger partial charge in [-0.3, -0.25) is 0 Å². The second-order valence-electron chi connectivity index (χ2n) is 5.96. The number of benzene rings is 1. The molecule has 1 atom stereocenters. The van der Waals surface area contributed by atoms with E-state index in [-0.39, 0.29) is 5.92 Å². The first-order valence-electron chi connectivity index (χ1n) is 8.07. The Kier molecular flexibility index (Phi) is 4.41. The minimum absolute atomic E-state index is 0.0755. The van der Waals surface area contributed by atoms with Crippen LogP contribution in [0.25, 0.3) is 11.4 Å². The number of rotatable bonds is 4. The monoisotopic (exact) mass is 375 g/mol. The number of nitrogens with zero attached hydrogens (tertiary/aromatic N) is 3. The molecule has 130 valence electrons. The lowest BCUT2D eigenvalue weighted by atomic mass is 10.00. The molecule has 1 fully saturated rings. The second kappa shape index (κ2) is 6.70. The van der Waals surface area contributed by atoms with Gasteiger partial charge in [0.2, 0.25) is 11.7 Å². The molecule has 1 aliphatic heterocycles. The maximum atomic E-state index is 12.7. The van der Waals surface area contributed by atoms with Gasteiger partial charge in [0, 0.05) is 18.7 Å². The first-order valence-corrected chi connectivity index (χ1v) is 10.4. The summed E-state index contributed by atoms with van der Waals surface area (Å²) in [6.07, 6.45) is 1.62. The predicted molar refractivity (Wildman–Crippen MR) is 94.8 cm³/mol. The van der Waals surface area contributed by atoms with Gasteiger partial charge in [0.1, 0.15) is 4.21 Å². The highest BCUT2D eigenvalue weighted by molar-refractivity contribution is 7.91. The van der Waals surface area contributed by atoms with Crippen LogP contribution in [-0.4, -0.2) is 36.0 Å². The highest BCUT2D eigenvalue weighted by Crippen LogP contribution is 2.31. The van der Waals surface area contributed by atoms with Crippen molar-refractivity contribution in [1.82, 2.24) is 14.4 Å². The van der Waals surface area contributed by atoms with E-state index in [0.717, 1.165) is 18.4 Å². The number of hydrogen-bond acceptors (Lipinski definition) is 6. The van der Waals surface area contributed by atoms with Crippen LogP contribution in [0, 0.1) is 0 Å². The Balaban J connectivity index is 1.55. The quantitative estimate of drug-likeness (QED) is 0.699. The van der Waals surface area contributed by atoms with E-state index in [4.69, 9.17) is 4.52 Å². The van der Waals surface area contributed by atoms with Crippen LogP contribution in [-0.2, 0) is 10.0 Å². The molecule has 0 amide bonds. The van der Waals surface area contributed by atoms with Crippen LogP contribution in [0.2, 0.25) is 0 Å². The normalized spacial score (nSPS) is 19.1. The minimum atomic E-state index is -3.44. The van der Waals surface area contributed by atoms with E-state index in [1.807, 2.05) is 30.3 Å². The lowest BCUT2D eigenvalue weighted by molar-refractivity contribution is 0.266. The molecule has 3 aromatic rings. The molecule has 2 aromatic heterocycles. The van der Waals surface area contributed by atoms with Gasteiger partial charge in [-0.25, -0.2) is 8.42 Å². The molecule has 0 saturated carbocycles. The Hall–Kier alpha value is -2.03. The molecule has 0 spiro atoms. The van der Waals surface area contributed by atoms with Crippen LogP contribution in [0.15, 0.2) is 56.6 Å². The number of sulfonamides is 1. The third-order valence-corrected chi connectivity index (χ3v) is 7.53. The van der Waals surface area contributed by atoms with Crippen LogP contribution in [0.4, 0.5) is 0 Å². The second-order valence-corrected chi connectivity index (χ2v) is 9.07. The topological polar surface area (TPSA) is 76.3 Å². The van der Waals surface area contributed by atoms with Crippen molar-refractivity contribution >= 4 is 21.4 Å². The van der Waals surface area contributed by atoms with E-state index in [9.17, 15) is 8.42 Å². The Bertz CT molecular complexity index is 937. The molecule has 3 heterocycles. The van der Waals surface area contributed by atoms with Crippen molar-refractivity contribution in [2.45, 2.75) is 23.0 Å². The van der Waals surface area contributed by atoms with Crippen LogP contribution in [0.3, 0.4) is 0 Å². The van der Waals surface area contributed by atoms with E-state index in [1.54, 1.807) is 17.5 Å². The zero-order valence-corrected chi connectivity index (χ0v) is 15.0. The van der Waals surface area contributed by atoms with Crippen molar-refractivity contribution in [3.63, 3.8) is 0 Å². The molecular formula is C17H17N3O3S2. The first-order chi connectivity index (χ1) is 12.1. The average Bonchev–Trinajstić information content (AvgIpc) is 3.35. The van der Waals surface area contributed by atoms with E-state index >= 15 is 0 Å². The average molecular weight is 375 g/mol. The van der Waals surface area contributed by atoms with Gasteiger partial charge in [0.25, 0.3) is 10.0 Å². The van der Waals surface area contributed by atoms with E-state index in [0.29, 0.717) is 29.0 Å². The van der Waals surface area contributed by atoms with Gasteiger partial charge in [-0.2, -0.15) is 9.29 Å². The Labute approximate surface area is 150 Å². The van der Waals surface area contributed by atoms with Crippen LogP contribution < -0.4 is 0 Å². The first kappa shape index (κ1) is 16.4. The summed E-state index contributed by atoms with van der Waals surface area (Å²) >= 11 is 1.24. The molecule has 0 unspecified atom stereocenters. The number of thiophene rings is 1. The van der Waals surface area contributed by atoms with Gasteiger partial charge in [0.15, 0.2) is 0 Å². The van der Waals surface area contributed by atoms with Crippen molar-refractivity contribution in [1.29, 1.82) is 0 Å². The number of piperidine rings is 1. The van der Waals surface area contributed by atoms with E-state index < -0.39 is 10.0 Å². The van der Waals surface area contributed by atoms with E-state index in [2.05, 4.69) is 10.1 Å². The van der Waals surface area contributed by atoms with Crippen LogP contribution in [0.1, 0.15) is 24.7 Å². The van der Waals surface area contributed by atoms with Gasteiger partial charge in [-0.1, -0.05) is 41.6 Å². The molecule has 8 heteroatoms. The maximum absolute atomic E-state index is 12.7. The fraction of sp³-hybridized carbons (Fsp3) is 0.294. The van der Waals surface area contributed by atoms with Crippen LogP contribution >= 0.6 is 11.3 Å². The molecule has 0 N–H and O–H groups in total. The molecule has 0 bridgehead atoms. The minimum Gasteiger partial charge on any atom is -0.339 e. The molecule has 0 radical (unpaired) electrons. The molecule has 0 aliphatic carbocycles. The molecule has 6 nitrogen and oxygen atoms in total. The predicted octanol–water partition coefficient (Wildman–Crippen LogP) is 3.37. The number of hydrogen-bond donors (Lipinski definition) is 0. The van der Waals surface area contributed by atoms with Crippen molar-refractivity contribution in [2.75, 3.05) is 13.1 Å². The van der Waals surface area contributed by atoms with Gasteiger partial charge >= 0.3 is 0 Å². The summed E-state index contributed by atoms with van der Waals surface area (Å²) in [6.45, 7) is 0.896. The molecule has 1 saturated heterocycles. The fourth-order valence-electron chi connectivity index (χ4n) is 3.01. The Morgan fingerprint density at radius 1 is 1.16 bits per heavy atom. The fourth-order valence-corrected chi connectivity index (χ4v) is 5.67. The van der Waals surface area contributed by atoms with Crippen molar-refractivity contribution < 1.29 is 12.9 Å². The largest absolute Gasteiger partial charge is 0.339 e. The third kappa shape index (κ3) is 3.24. The van der Waals surface area contributed by atoms with Crippen molar-refractivity contribution in [3.8, 4) is 11.4 Å². The third-order valence-electron chi connectivity index (χ3n) is 4.30. The standard InChI is InChI=1S/C17H17N3O3S2/c21-25(22,15-9-5-11-24-15)20-10-4-8-14(12-20)17-18-16(19-23-17)13-6-2-1-3-7-13/h1-3,5-7,9,11,14H,4,8,10,12H2/t14-/m0/s1. The van der Waals surface area contributed by atoms with Crippen LogP contribution in [0.5, 0.6) is 0 Å². The maximum Gasteiger partial charge on any atom is 0.252 e. The summed E-state index contributed by atoms with van der Waals surface area (Å²) in [6, 6.07) is 13.0. The molecule has 1 aromatic carbocycles. The SMILES string of the molecule is O=S(=O)(c1cccs1)N1CCC[C@H](c2nc(-c3ccccc3)no2)C1. The van der Waals surface area contributed by atoms with Gasteiger partial charge in [-0.15, -0.1) is 11.3 Å². The highest BCUT2D eigenvalue weighted by atomic mass is 32.2. The van der Waals surface area contributed by atoms with Crippen molar-refractivity contribution in [2.24, 2.45) is 0 Å². The lowest BCUT2D eigenvalue weighted by Crippen LogP contribution is -2.38. The summed E-state index contributed by atoms with van der Waals surface area (Å²) in [4.78, 5) is 4.49. The van der Waals surface area contributed by atoms with Gasteiger partial charge in [0.05, 0.1) is 5.92 Å². The highest BCUT2D eigenvalue weighted by Gasteiger charge is 2.33. The lowest BCUT2D eigenvalue weighted by Gasteiger charge is -2.29. The summed E-state index contributed by atoms with van der Waals surface area (Å²) in [5.74, 6) is 0.965. The molecule has 4 rings (SSSR count). The van der Waals surface area contributed by atoms with Gasteiger partial charge in [-0.05, 0) is 24.3 Å². The zero-order valence-electron chi connectivity index (χ0n) is 13.4. The number of aromatic nitrogens is 2. The Morgan fingerprint density at radius 3 is 2.76 bits per heavy atom. The smallest absolute Gasteiger partial charge is 0.252 e. The summed E-state index contributed by atoms with van der Waals surface area (Å²) in [7, 11) is -3.44. The molecular weight excluding hydrogens is 358 g/mol. The van der Waals surface area contributed by atoms with Gasteiger partial charge < -0.3 is 4.52 Å². The summed E-state index contributed by atoms with van der Waals surface area (Å²) in [5.41, 5.74) is 0.886. The van der Waals surface area contributed by atoms with E-state index in [1.165, 1.54) is 15.6 Å².